The van der Waals surface area contributed by atoms with Crippen molar-refractivity contribution in [3.05, 3.63) is 47.1 Å². The molecule has 2 heterocycles. The van der Waals surface area contributed by atoms with Crippen LogP contribution >= 0.6 is 11.6 Å². The van der Waals surface area contributed by atoms with Crippen LogP contribution in [0.4, 0.5) is 17.2 Å². The van der Waals surface area contributed by atoms with Gasteiger partial charge in [0.05, 0.1) is 16.9 Å². The van der Waals surface area contributed by atoms with Gasteiger partial charge in [-0.3, -0.25) is 4.79 Å². The highest BCUT2D eigenvalue weighted by Crippen LogP contribution is 2.34. The van der Waals surface area contributed by atoms with Crippen LogP contribution in [-0.2, 0) is 4.79 Å². The Labute approximate surface area is 125 Å². The van der Waals surface area contributed by atoms with Gasteiger partial charge in [0, 0.05) is 0 Å². The normalized spacial score (nSPS) is 13.6. The summed E-state index contributed by atoms with van der Waals surface area (Å²) in [6.07, 6.45) is 0. The summed E-state index contributed by atoms with van der Waals surface area (Å²) < 4.78 is 0. The van der Waals surface area contributed by atoms with Crippen LogP contribution < -0.4 is 10.2 Å². The first-order valence-corrected chi connectivity index (χ1v) is 6.50. The van der Waals surface area contributed by atoms with Gasteiger partial charge in [-0.1, -0.05) is 23.7 Å². The number of amides is 1. The molecule has 21 heavy (non-hydrogen) atoms. The summed E-state index contributed by atoms with van der Waals surface area (Å²) >= 11 is 5.88. The van der Waals surface area contributed by atoms with Crippen LogP contribution in [0.25, 0.3) is 0 Å². The predicted octanol–water partition coefficient (Wildman–Crippen LogP) is 2.52. The van der Waals surface area contributed by atoms with Crippen molar-refractivity contribution in [3.63, 3.8) is 0 Å². The first kappa shape index (κ1) is 13.4. The van der Waals surface area contributed by atoms with Crippen molar-refractivity contribution in [2.24, 2.45) is 0 Å². The Morgan fingerprint density at radius 3 is 2.86 bits per heavy atom. The smallest absolute Gasteiger partial charge is 0.335 e. The lowest BCUT2D eigenvalue weighted by Crippen LogP contribution is -2.35. The molecule has 1 amide bonds. The number of para-hydroxylation sites is 2. The maximum atomic E-state index is 11.8. The third kappa shape index (κ3) is 2.53. The van der Waals surface area contributed by atoms with Gasteiger partial charge in [0.1, 0.15) is 17.5 Å². The van der Waals surface area contributed by atoms with Crippen LogP contribution in [0.15, 0.2) is 36.4 Å². The topological polar surface area (TPSA) is 82.5 Å². The zero-order valence-electron chi connectivity index (χ0n) is 10.7. The number of nitrogens with zero attached hydrogens (tertiary/aromatic N) is 2. The molecule has 6 nitrogen and oxygen atoms in total. The molecular formula is C14H10ClN3O3. The summed E-state index contributed by atoms with van der Waals surface area (Å²) in [6, 6.07) is 9.87. The molecule has 7 heteroatoms. The molecule has 1 aromatic carbocycles. The van der Waals surface area contributed by atoms with Crippen molar-refractivity contribution >= 4 is 40.7 Å². The van der Waals surface area contributed by atoms with E-state index in [1.807, 2.05) is 12.1 Å². The Morgan fingerprint density at radius 2 is 2.10 bits per heavy atom. The second-order valence-corrected chi connectivity index (χ2v) is 4.88. The molecule has 0 bridgehead atoms. The lowest BCUT2D eigenvalue weighted by atomic mass is 10.1. The molecule has 0 fully saturated rings. The van der Waals surface area contributed by atoms with Gasteiger partial charge in [-0.05, 0) is 24.3 Å². The maximum absolute atomic E-state index is 11.8. The lowest BCUT2D eigenvalue weighted by molar-refractivity contribution is -0.115. The van der Waals surface area contributed by atoms with Crippen molar-refractivity contribution in [1.82, 2.24) is 4.98 Å². The summed E-state index contributed by atoms with van der Waals surface area (Å²) in [5.41, 5.74) is 1.41. The van der Waals surface area contributed by atoms with E-state index in [1.54, 1.807) is 17.0 Å². The van der Waals surface area contributed by atoms with Gasteiger partial charge in [0.15, 0.2) is 0 Å². The highest BCUT2D eigenvalue weighted by molar-refractivity contribution is 6.29. The van der Waals surface area contributed by atoms with Gasteiger partial charge in [-0.25, -0.2) is 9.78 Å². The van der Waals surface area contributed by atoms with Gasteiger partial charge < -0.3 is 15.3 Å². The Morgan fingerprint density at radius 1 is 1.33 bits per heavy atom. The number of halogens is 1. The maximum Gasteiger partial charge on any atom is 0.335 e. The molecule has 0 aliphatic carbocycles. The van der Waals surface area contributed by atoms with Crippen LogP contribution in [0.2, 0.25) is 5.15 Å². The van der Waals surface area contributed by atoms with E-state index in [2.05, 4.69) is 10.3 Å². The van der Waals surface area contributed by atoms with E-state index in [-0.39, 0.29) is 23.2 Å². The molecule has 0 saturated heterocycles. The Bertz CT molecular complexity index is 748. The van der Waals surface area contributed by atoms with E-state index in [9.17, 15) is 9.59 Å². The highest BCUT2D eigenvalue weighted by Gasteiger charge is 2.24. The number of pyridine rings is 1. The van der Waals surface area contributed by atoms with Gasteiger partial charge in [-0.15, -0.1) is 0 Å². The summed E-state index contributed by atoms with van der Waals surface area (Å²) in [5.74, 6) is -0.982. The Kier molecular flexibility index (Phi) is 3.23. The van der Waals surface area contributed by atoms with E-state index in [1.165, 1.54) is 12.1 Å². The number of carboxylic acids is 1. The predicted molar refractivity (Wildman–Crippen MR) is 78.3 cm³/mol. The minimum atomic E-state index is -1.10. The molecule has 106 valence electrons. The molecule has 0 radical (unpaired) electrons. The second-order valence-electron chi connectivity index (χ2n) is 4.49. The molecule has 1 aliphatic heterocycles. The molecule has 0 spiro atoms. The monoisotopic (exact) mass is 303 g/mol. The van der Waals surface area contributed by atoms with Gasteiger partial charge in [0.25, 0.3) is 0 Å². The molecule has 0 saturated carbocycles. The summed E-state index contributed by atoms with van der Waals surface area (Å²) in [5, 5.41) is 11.9. The minimum Gasteiger partial charge on any atom is -0.478 e. The fourth-order valence-electron chi connectivity index (χ4n) is 2.18. The number of rotatable bonds is 2. The number of carbonyl (C=O) groups excluding carboxylic acids is 1. The van der Waals surface area contributed by atoms with E-state index < -0.39 is 5.97 Å². The van der Waals surface area contributed by atoms with E-state index in [0.717, 1.165) is 5.69 Å². The fraction of sp³-hybridized carbons (Fsp3) is 0.0714. The van der Waals surface area contributed by atoms with Crippen LogP contribution in [0.3, 0.4) is 0 Å². The van der Waals surface area contributed by atoms with Crippen molar-refractivity contribution in [3.8, 4) is 0 Å². The van der Waals surface area contributed by atoms with E-state index in [0.29, 0.717) is 11.5 Å². The first-order chi connectivity index (χ1) is 10.0. The standard InChI is InChI=1S/C14H10ClN3O3/c15-11-5-8(14(20)21)6-12(17-11)18-7-13(19)16-9-3-1-2-4-10(9)18/h1-6H,7H2,(H,16,19)(H,20,21). The van der Waals surface area contributed by atoms with E-state index >= 15 is 0 Å². The van der Waals surface area contributed by atoms with Crippen molar-refractivity contribution in [1.29, 1.82) is 0 Å². The minimum absolute atomic E-state index is 0.0217. The second kappa shape index (κ2) is 5.06. The number of aromatic carboxylic acids is 1. The largest absolute Gasteiger partial charge is 0.478 e. The SMILES string of the molecule is O=C1CN(c2cc(C(=O)O)cc(Cl)n2)c2ccccc2N1. The number of carbonyl (C=O) groups is 2. The van der Waals surface area contributed by atoms with Crippen LogP contribution in [0, 0.1) is 0 Å². The van der Waals surface area contributed by atoms with Crippen molar-refractivity contribution < 1.29 is 14.7 Å². The quantitative estimate of drug-likeness (QED) is 0.833. The number of anilines is 3. The van der Waals surface area contributed by atoms with Gasteiger partial charge >= 0.3 is 5.97 Å². The average Bonchev–Trinajstić information content (AvgIpc) is 2.45. The third-order valence-electron chi connectivity index (χ3n) is 3.07. The summed E-state index contributed by atoms with van der Waals surface area (Å²) in [7, 11) is 0. The number of nitrogens with one attached hydrogen (secondary N) is 1. The number of hydrogen-bond acceptors (Lipinski definition) is 4. The Hall–Kier alpha value is -2.60. The number of hydrogen-bond donors (Lipinski definition) is 2. The fourth-order valence-corrected chi connectivity index (χ4v) is 2.39. The van der Waals surface area contributed by atoms with Crippen LogP contribution in [0.5, 0.6) is 0 Å². The zero-order valence-corrected chi connectivity index (χ0v) is 11.5. The number of aromatic nitrogens is 1. The highest BCUT2D eigenvalue weighted by atomic mass is 35.5. The third-order valence-corrected chi connectivity index (χ3v) is 3.27. The molecule has 0 atom stereocenters. The average molecular weight is 304 g/mol. The zero-order chi connectivity index (χ0) is 15.0. The first-order valence-electron chi connectivity index (χ1n) is 6.12. The summed E-state index contributed by atoms with van der Waals surface area (Å²) in [6.45, 7) is 0.0451. The number of benzene rings is 1. The summed E-state index contributed by atoms with van der Waals surface area (Å²) in [4.78, 5) is 28.6. The van der Waals surface area contributed by atoms with Gasteiger partial charge in [-0.2, -0.15) is 0 Å². The van der Waals surface area contributed by atoms with E-state index in [4.69, 9.17) is 16.7 Å². The molecule has 3 rings (SSSR count). The Balaban J connectivity index is 2.12. The van der Waals surface area contributed by atoms with Crippen molar-refractivity contribution in [2.45, 2.75) is 0 Å². The van der Waals surface area contributed by atoms with Gasteiger partial charge in [0.2, 0.25) is 5.91 Å². The van der Waals surface area contributed by atoms with Crippen LogP contribution in [0.1, 0.15) is 10.4 Å². The molecule has 0 unspecified atom stereocenters. The molecule has 1 aromatic heterocycles. The molecular weight excluding hydrogens is 294 g/mol. The molecule has 2 aromatic rings. The molecule has 2 N–H and O–H groups in total. The number of fused-ring (bicyclic) bond motifs is 1. The molecule has 1 aliphatic rings. The lowest BCUT2D eigenvalue weighted by Gasteiger charge is -2.30. The van der Waals surface area contributed by atoms with Crippen LogP contribution in [-0.4, -0.2) is 28.5 Å². The number of carboxylic acid groups (broad SMARTS) is 1. The van der Waals surface area contributed by atoms with Crippen molar-refractivity contribution in [2.75, 3.05) is 16.8 Å².